The first-order valence-corrected chi connectivity index (χ1v) is 11.8. The van der Waals surface area contributed by atoms with Gasteiger partial charge in [0.25, 0.3) is 0 Å². The van der Waals surface area contributed by atoms with E-state index in [1.807, 2.05) is 25.1 Å². The van der Waals surface area contributed by atoms with E-state index in [0.29, 0.717) is 29.2 Å². The molecular formula is C27H36N2O3. The van der Waals surface area contributed by atoms with E-state index in [-0.39, 0.29) is 5.78 Å². The average Bonchev–Trinajstić information content (AvgIpc) is 3.13. The highest BCUT2D eigenvalue weighted by molar-refractivity contribution is 6.10. The quantitative estimate of drug-likeness (QED) is 0.195. The number of hydrogen-bond donors (Lipinski definition) is 1. The minimum Gasteiger partial charge on any atom is -0.494 e. The first-order chi connectivity index (χ1) is 15.5. The summed E-state index contributed by atoms with van der Waals surface area (Å²) in [6, 6.07) is 12.7. The molecule has 0 spiro atoms. The van der Waals surface area contributed by atoms with Gasteiger partial charge in [-0.15, -0.1) is 0 Å². The predicted molar refractivity (Wildman–Crippen MR) is 132 cm³/mol. The van der Waals surface area contributed by atoms with Crippen LogP contribution in [0, 0.1) is 6.92 Å². The molecule has 0 atom stereocenters. The average molecular weight is 437 g/mol. The number of unbranched alkanes of at least 4 members (excludes halogenated alkanes) is 2. The Morgan fingerprint density at radius 1 is 0.969 bits per heavy atom. The SMILES string of the molecule is CCCCN(CCCC)CCCOc1ccc(C(=O)c2oc3ccc(N)cc3c2C)cc1. The number of carbonyl (C=O) groups is 1. The molecule has 0 aliphatic rings. The Kier molecular flexibility index (Phi) is 8.74. The van der Waals surface area contributed by atoms with Crippen molar-refractivity contribution in [2.24, 2.45) is 0 Å². The number of nitrogens with zero attached hydrogens (tertiary/aromatic N) is 1. The van der Waals surface area contributed by atoms with Crippen molar-refractivity contribution in [1.29, 1.82) is 0 Å². The van der Waals surface area contributed by atoms with Crippen LogP contribution in [0.5, 0.6) is 5.75 Å². The largest absolute Gasteiger partial charge is 0.494 e. The molecule has 1 aromatic heterocycles. The number of ketones is 1. The third-order valence-corrected chi connectivity index (χ3v) is 5.83. The van der Waals surface area contributed by atoms with Gasteiger partial charge in [-0.1, -0.05) is 26.7 Å². The second-order valence-corrected chi connectivity index (χ2v) is 8.42. The second kappa shape index (κ2) is 11.7. The molecule has 1 heterocycles. The summed E-state index contributed by atoms with van der Waals surface area (Å²) in [4.78, 5) is 15.5. The standard InChI is InChI=1S/C27H36N2O3/c1-4-6-15-29(16-7-5-2)17-8-18-31-23-12-9-21(10-13-23)26(30)27-20(3)24-19-22(28)11-14-25(24)32-27/h9-14,19H,4-8,15-18,28H2,1-3H3. The molecule has 2 N–H and O–H groups in total. The maximum Gasteiger partial charge on any atom is 0.228 e. The van der Waals surface area contributed by atoms with E-state index in [4.69, 9.17) is 14.9 Å². The van der Waals surface area contributed by atoms with Crippen molar-refractivity contribution in [3.8, 4) is 5.75 Å². The molecule has 0 radical (unpaired) electrons. The van der Waals surface area contributed by atoms with Gasteiger partial charge in [-0.2, -0.15) is 0 Å². The van der Waals surface area contributed by atoms with Crippen LogP contribution in [-0.2, 0) is 0 Å². The van der Waals surface area contributed by atoms with Crippen molar-refractivity contribution < 1.29 is 13.9 Å². The molecule has 0 aliphatic heterocycles. The number of ether oxygens (including phenoxy) is 1. The monoisotopic (exact) mass is 436 g/mol. The van der Waals surface area contributed by atoms with Crippen LogP contribution >= 0.6 is 0 Å². The number of carbonyl (C=O) groups excluding carboxylic acids is 1. The van der Waals surface area contributed by atoms with Gasteiger partial charge in [0.2, 0.25) is 5.78 Å². The summed E-state index contributed by atoms with van der Waals surface area (Å²) in [5.41, 5.74) is 8.59. The van der Waals surface area contributed by atoms with Crippen molar-refractivity contribution in [3.05, 3.63) is 59.4 Å². The molecule has 0 fully saturated rings. The first kappa shape index (κ1) is 23.9. The number of benzene rings is 2. The number of hydrogen-bond acceptors (Lipinski definition) is 5. The summed E-state index contributed by atoms with van der Waals surface area (Å²) in [6.45, 7) is 10.4. The summed E-state index contributed by atoms with van der Waals surface area (Å²) in [7, 11) is 0. The number of anilines is 1. The summed E-state index contributed by atoms with van der Waals surface area (Å²) >= 11 is 0. The van der Waals surface area contributed by atoms with Crippen LogP contribution in [-0.4, -0.2) is 36.9 Å². The molecule has 0 bridgehead atoms. The molecule has 0 amide bonds. The van der Waals surface area contributed by atoms with E-state index in [9.17, 15) is 4.79 Å². The number of rotatable bonds is 13. The molecule has 5 nitrogen and oxygen atoms in total. The first-order valence-electron chi connectivity index (χ1n) is 11.8. The van der Waals surface area contributed by atoms with Gasteiger partial charge in [-0.25, -0.2) is 0 Å². The number of aryl methyl sites for hydroxylation is 1. The van der Waals surface area contributed by atoms with E-state index in [2.05, 4.69) is 18.7 Å². The summed E-state index contributed by atoms with van der Waals surface area (Å²) in [5, 5.41) is 0.875. The topological polar surface area (TPSA) is 68.7 Å². The molecule has 32 heavy (non-hydrogen) atoms. The van der Waals surface area contributed by atoms with Crippen molar-refractivity contribution in [1.82, 2.24) is 4.90 Å². The highest BCUT2D eigenvalue weighted by Crippen LogP contribution is 2.29. The maximum atomic E-state index is 13.0. The fourth-order valence-corrected chi connectivity index (χ4v) is 3.87. The van der Waals surface area contributed by atoms with E-state index >= 15 is 0 Å². The molecular weight excluding hydrogens is 400 g/mol. The highest BCUT2D eigenvalue weighted by atomic mass is 16.5. The lowest BCUT2D eigenvalue weighted by molar-refractivity contribution is 0.101. The summed E-state index contributed by atoms with van der Waals surface area (Å²) in [5.74, 6) is 1.01. The van der Waals surface area contributed by atoms with Gasteiger partial charge in [0.05, 0.1) is 6.61 Å². The normalized spacial score (nSPS) is 11.4. The molecule has 3 aromatic rings. The minimum absolute atomic E-state index is 0.133. The van der Waals surface area contributed by atoms with Crippen LogP contribution in [0.1, 0.15) is 67.6 Å². The number of furan rings is 1. The molecule has 0 unspecified atom stereocenters. The van der Waals surface area contributed by atoms with E-state index < -0.39 is 0 Å². The minimum atomic E-state index is -0.133. The third kappa shape index (κ3) is 6.13. The van der Waals surface area contributed by atoms with Crippen molar-refractivity contribution in [3.63, 3.8) is 0 Å². The lowest BCUT2D eigenvalue weighted by atomic mass is 10.0. The second-order valence-electron chi connectivity index (χ2n) is 8.42. The van der Waals surface area contributed by atoms with Crippen LogP contribution in [0.15, 0.2) is 46.9 Å². The maximum absolute atomic E-state index is 13.0. The van der Waals surface area contributed by atoms with Crippen LogP contribution in [0.4, 0.5) is 5.69 Å². The van der Waals surface area contributed by atoms with Gasteiger partial charge >= 0.3 is 0 Å². The molecule has 5 heteroatoms. The van der Waals surface area contributed by atoms with Crippen molar-refractivity contribution in [2.45, 2.75) is 52.9 Å². The van der Waals surface area contributed by atoms with Gasteiger partial charge in [0, 0.05) is 28.7 Å². The van der Waals surface area contributed by atoms with Crippen LogP contribution in [0.2, 0.25) is 0 Å². The molecule has 0 saturated heterocycles. The van der Waals surface area contributed by atoms with Gasteiger partial charge in [0.1, 0.15) is 11.3 Å². The van der Waals surface area contributed by atoms with Crippen LogP contribution in [0.25, 0.3) is 11.0 Å². The van der Waals surface area contributed by atoms with Crippen LogP contribution in [0.3, 0.4) is 0 Å². The lowest BCUT2D eigenvalue weighted by Gasteiger charge is -2.21. The Labute approximate surface area is 191 Å². The van der Waals surface area contributed by atoms with E-state index in [1.165, 1.54) is 38.8 Å². The third-order valence-electron chi connectivity index (χ3n) is 5.83. The molecule has 172 valence electrons. The smallest absolute Gasteiger partial charge is 0.228 e. The fourth-order valence-electron chi connectivity index (χ4n) is 3.87. The lowest BCUT2D eigenvalue weighted by Crippen LogP contribution is -2.28. The van der Waals surface area contributed by atoms with Crippen LogP contribution < -0.4 is 10.5 Å². The Morgan fingerprint density at radius 2 is 1.62 bits per heavy atom. The van der Waals surface area contributed by atoms with Gasteiger partial charge in [0.15, 0.2) is 5.76 Å². The Balaban J connectivity index is 1.55. The molecule has 3 rings (SSSR count). The zero-order valence-corrected chi connectivity index (χ0v) is 19.7. The number of nitrogen functional groups attached to an aromatic ring is 1. The Bertz CT molecular complexity index is 1000. The number of fused-ring (bicyclic) bond motifs is 1. The zero-order valence-electron chi connectivity index (χ0n) is 19.7. The molecule has 2 aromatic carbocycles. The molecule has 0 saturated carbocycles. The van der Waals surface area contributed by atoms with Gasteiger partial charge < -0.3 is 19.8 Å². The van der Waals surface area contributed by atoms with E-state index in [1.54, 1.807) is 24.3 Å². The number of nitrogens with two attached hydrogens (primary N) is 1. The summed E-state index contributed by atoms with van der Waals surface area (Å²) in [6.07, 6.45) is 5.95. The summed E-state index contributed by atoms with van der Waals surface area (Å²) < 4.78 is 11.7. The fraction of sp³-hybridized carbons (Fsp3) is 0.444. The Morgan fingerprint density at radius 3 is 2.28 bits per heavy atom. The van der Waals surface area contributed by atoms with E-state index in [0.717, 1.165) is 29.7 Å². The Hall–Kier alpha value is -2.79. The molecule has 0 aliphatic carbocycles. The van der Waals surface area contributed by atoms with Gasteiger partial charge in [-0.05, 0) is 81.7 Å². The zero-order chi connectivity index (χ0) is 22.9. The van der Waals surface area contributed by atoms with Crippen molar-refractivity contribution >= 4 is 22.4 Å². The highest BCUT2D eigenvalue weighted by Gasteiger charge is 2.19. The van der Waals surface area contributed by atoms with Gasteiger partial charge in [-0.3, -0.25) is 4.79 Å². The predicted octanol–water partition coefficient (Wildman–Crippen LogP) is 6.23. The van der Waals surface area contributed by atoms with Crippen molar-refractivity contribution in [2.75, 3.05) is 32.0 Å².